The maximum Gasteiger partial charge on any atom is 0.322 e. The van der Waals surface area contributed by atoms with Gasteiger partial charge in [-0.3, -0.25) is 4.79 Å². The minimum atomic E-state index is -3.46. The highest BCUT2D eigenvalue weighted by atomic mass is 32.2. The van der Waals surface area contributed by atoms with E-state index in [1.165, 1.54) is 24.3 Å². The van der Waals surface area contributed by atoms with Crippen LogP contribution < -0.4 is 10.0 Å². The van der Waals surface area contributed by atoms with E-state index in [2.05, 4.69) is 10.0 Å². The molecule has 0 heterocycles. The number of carboxylic acids is 1. The smallest absolute Gasteiger partial charge is 0.322 e. The van der Waals surface area contributed by atoms with Crippen molar-refractivity contribution in [1.29, 1.82) is 0 Å². The number of sulfonamides is 1. The highest BCUT2D eigenvalue weighted by Crippen LogP contribution is 2.13. The van der Waals surface area contributed by atoms with Crippen LogP contribution in [0.5, 0.6) is 0 Å². The van der Waals surface area contributed by atoms with E-state index in [-0.39, 0.29) is 11.4 Å². The van der Waals surface area contributed by atoms with Crippen LogP contribution in [0.25, 0.3) is 0 Å². The molecule has 0 radical (unpaired) electrons. The normalized spacial score (nSPS) is 11.2. The number of benzene rings is 1. The van der Waals surface area contributed by atoms with Crippen LogP contribution in [0.3, 0.4) is 0 Å². The van der Waals surface area contributed by atoms with E-state index < -0.39 is 16.0 Å². The zero-order chi connectivity index (χ0) is 13.6. The highest BCUT2D eigenvalue weighted by molar-refractivity contribution is 7.89. The number of anilines is 1. The molecule has 0 aromatic heterocycles. The van der Waals surface area contributed by atoms with Crippen molar-refractivity contribution in [2.45, 2.75) is 18.2 Å². The largest absolute Gasteiger partial charge is 0.480 e. The van der Waals surface area contributed by atoms with Crippen molar-refractivity contribution in [2.24, 2.45) is 0 Å². The fourth-order valence-corrected chi connectivity index (χ4v) is 2.38. The van der Waals surface area contributed by atoms with Gasteiger partial charge in [0.05, 0.1) is 4.90 Å². The Kier molecular flexibility index (Phi) is 5.11. The van der Waals surface area contributed by atoms with Gasteiger partial charge in [0.2, 0.25) is 10.0 Å². The Bertz CT molecular complexity index is 496. The summed E-state index contributed by atoms with van der Waals surface area (Å²) in [7, 11) is -3.46. The Morgan fingerprint density at radius 1 is 1.28 bits per heavy atom. The number of aliphatic carboxylic acids is 1. The predicted octanol–water partition coefficient (Wildman–Crippen LogP) is 0.871. The Morgan fingerprint density at radius 3 is 2.39 bits per heavy atom. The predicted molar refractivity (Wildman–Crippen MR) is 68.0 cm³/mol. The van der Waals surface area contributed by atoms with Gasteiger partial charge >= 0.3 is 5.97 Å². The molecular formula is C11H16N2O4S. The molecule has 1 aromatic carbocycles. The monoisotopic (exact) mass is 272 g/mol. The van der Waals surface area contributed by atoms with E-state index in [1.807, 2.05) is 6.92 Å². The molecule has 3 N–H and O–H groups in total. The molecule has 0 aliphatic rings. The van der Waals surface area contributed by atoms with Crippen molar-refractivity contribution in [1.82, 2.24) is 4.72 Å². The van der Waals surface area contributed by atoms with Gasteiger partial charge in [0.25, 0.3) is 0 Å². The highest BCUT2D eigenvalue weighted by Gasteiger charge is 2.12. The fourth-order valence-electron chi connectivity index (χ4n) is 1.25. The third-order valence-corrected chi connectivity index (χ3v) is 3.63. The van der Waals surface area contributed by atoms with Gasteiger partial charge in [-0.2, -0.15) is 0 Å². The number of carboxylic acid groups (broad SMARTS) is 1. The molecule has 0 bridgehead atoms. The molecule has 7 heteroatoms. The van der Waals surface area contributed by atoms with Gasteiger partial charge in [-0.05, 0) is 30.7 Å². The van der Waals surface area contributed by atoms with Crippen molar-refractivity contribution < 1.29 is 18.3 Å². The van der Waals surface area contributed by atoms with Crippen molar-refractivity contribution >= 4 is 21.7 Å². The van der Waals surface area contributed by atoms with Gasteiger partial charge in [-0.1, -0.05) is 6.92 Å². The number of hydrogen-bond donors (Lipinski definition) is 3. The summed E-state index contributed by atoms with van der Waals surface area (Å²) in [4.78, 5) is 10.5. The quantitative estimate of drug-likeness (QED) is 0.684. The minimum absolute atomic E-state index is 0.164. The molecule has 0 atom stereocenters. The van der Waals surface area contributed by atoms with Gasteiger partial charge in [0, 0.05) is 12.2 Å². The third kappa shape index (κ3) is 4.34. The lowest BCUT2D eigenvalue weighted by molar-refractivity contribution is -0.134. The Labute approximate surface area is 106 Å². The van der Waals surface area contributed by atoms with E-state index in [9.17, 15) is 13.2 Å². The van der Waals surface area contributed by atoms with Crippen molar-refractivity contribution in [3.05, 3.63) is 24.3 Å². The van der Waals surface area contributed by atoms with Gasteiger partial charge in [-0.25, -0.2) is 13.1 Å². The van der Waals surface area contributed by atoms with Crippen LogP contribution in [0.2, 0.25) is 0 Å². The number of hydrogen-bond acceptors (Lipinski definition) is 4. The second-order valence-corrected chi connectivity index (χ2v) is 5.44. The summed E-state index contributed by atoms with van der Waals surface area (Å²) in [6.45, 7) is 2.06. The van der Waals surface area contributed by atoms with Gasteiger partial charge in [0.15, 0.2) is 0 Å². The molecule has 18 heavy (non-hydrogen) atoms. The van der Waals surface area contributed by atoms with Crippen molar-refractivity contribution in [3.63, 3.8) is 0 Å². The SMILES string of the molecule is CCCNS(=O)(=O)c1ccc(NCC(=O)O)cc1. The number of nitrogens with one attached hydrogen (secondary N) is 2. The van der Waals surface area contributed by atoms with Gasteiger partial charge < -0.3 is 10.4 Å². The molecule has 1 aromatic rings. The minimum Gasteiger partial charge on any atom is -0.480 e. The molecule has 0 fully saturated rings. The van der Waals surface area contributed by atoms with Crippen molar-refractivity contribution in [2.75, 3.05) is 18.4 Å². The second-order valence-electron chi connectivity index (χ2n) is 3.67. The molecule has 0 saturated heterocycles. The first-order valence-electron chi connectivity index (χ1n) is 5.51. The molecule has 0 amide bonds. The lowest BCUT2D eigenvalue weighted by Gasteiger charge is -2.07. The zero-order valence-electron chi connectivity index (χ0n) is 10.0. The first kappa shape index (κ1) is 14.5. The van der Waals surface area contributed by atoms with Crippen LogP contribution in [-0.4, -0.2) is 32.6 Å². The maximum absolute atomic E-state index is 11.7. The Balaban J connectivity index is 2.73. The molecule has 0 saturated carbocycles. The molecule has 0 aliphatic heterocycles. The summed E-state index contributed by atoms with van der Waals surface area (Å²) in [5.74, 6) is -0.976. The lowest BCUT2D eigenvalue weighted by Crippen LogP contribution is -2.24. The van der Waals surface area contributed by atoms with E-state index in [0.717, 1.165) is 6.42 Å². The maximum atomic E-state index is 11.7. The molecule has 100 valence electrons. The Morgan fingerprint density at radius 2 is 1.89 bits per heavy atom. The molecule has 1 rings (SSSR count). The fraction of sp³-hybridized carbons (Fsp3) is 0.364. The van der Waals surface area contributed by atoms with Crippen LogP contribution in [0, 0.1) is 0 Å². The molecule has 6 nitrogen and oxygen atoms in total. The number of rotatable bonds is 7. The summed E-state index contributed by atoms with van der Waals surface area (Å²) < 4.78 is 25.9. The van der Waals surface area contributed by atoms with Gasteiger partial charge in [-0.15, -0.1) is 0 Å². The summed E-state index contributed by atoms with van der Waals surface area (Å²) >= 11 is 0. The van der Waals surface area contributed by atoms with E-state index in [1.54, 1.807) is 0 Å². The summed E-state index contributed by atoms with van der Waals surface area (Å²) in [5.41, 5.74) is 0.562. The molecule has 0 unspecified atom stereocenters. The molecule has 0 aliphatic carbocycles. The second kappa shape index (κ2) is 6.36. The van der Waals surface area contributed by atoms with E-state index in [4.69, 9.17) is 5.11 Å². The standard InChI is InChI=1S/C11H16N2O4S/c1-2-7-13-18(16,17)10-5-3-9(4-6-10)12-8-11(14)15/h3-6,12-13H,2,7-8H2,1H3,(H,14,15). The summed E-state index contributed by atoms with van der Waals surface area (Å²) in [6, 6.07) is 5.93. The van der Waals surface area contributed by atoms with Crippen LogP contribution in [0.4, 0.5) is 5.69 Å². The first-order chi connectivity index (χ1) is 8.45. The molecular weight excluding hydrogens is 256 g/mol. The van der Waals surface area contributed by atoms with Crippen LogP contribution >= 0.6 is 0 Å². The average molecular weight is 272 g/mol. The first-order valence-corrected chi connectivity index (χ1v) is 6.99. The van der Waals surface area contributed by atoms with Crippen molar-refractivity contribution in [3.8, 4) is 0 Å². The average Bonchev–Trinajstić information content (AvgIpc) is 2.34. The molecule has 0 spiro atoms. The topological polar surface area (TPSA) is 95.5 Å². The Hall–Kier alpha value is -1.60. The summed E-state index contributed by atoms with van der Waals surface area (Å²) in [6.07, 6.45) is 0.720. The van der Waals surface area contributed by atoms with Gasteiger partial charge in [0.1, 0.15) is 6.54 Å². The van der Waals surface area contributed by atoms with Crippen LogP contribution in [-0.2, 0) is 14.8 Å². The third-order valence-electron chi connectivity index (χ3n) is 2.15. The lowest BCUT2D eigenvalue weighted by atomic mass is 10.3. The van der Waals surface area contributed by atoms with E-state index in [0.29, 0.717) is 12.2 Å². The number of carbonyl (C=O) groups is 1. The summed E-state index contributed by atoms with van der Waals surface area (Å²) in [5, 5.41) is 11.1. The van der Waals surface area contributed by atoms with E-state index >= 15 is 0 Å². The zero-order valence-corrected chi connectivity index (χ0v) is 10.8. The van der Waals surface area contributed by atoms with Crippen LogP contribution in [0.1, 0.15) is 13.3 Å². The van der Waals surface area contributed by atoms with Crippen LogP contribution in [0.15, 0.2) is 29.2 Å².